The Morgan fingerprint density at radius 3 is 3.00 bits per heavy atom. The molecule has 0 aromatic carbocycles. The average Bonchev–Trinajstić information content (AvgIpc) is 2.78. The first kappa shape index (κ1) is 11.0. The van der Waals surface area contributed by atoms with Crippen LogP contribution in [0.1, 0.15) is 18.9 Å². The highest BCUT2D eigenvalue weighted by atomic mass is 35.5. The van der Waals surface area contributed by atoms with Crippen LogP contribution in [0, 0.1) is 0 Å². The predicted octanol–water partition coefficient (Wildman–Crippen LogP) is 2.07. The van der Waals surface area contributed by atoms with Crippen molar-refractivity contribution in [1.29, 1.82) is 0 Å². The van der Waals surface area contributed by atoms with Gasteiger partial charge in [-0.3, -0.25) is 4.98 Å². The van der Waals surface area contributed by atoms with E-state index in [2.05, 4.69) is 20.4 Å². The third-order valence-corrected chi connectivity index (χ3v) is 2.52. The molecule has 0 radical (unpaired) electrons. The molecule has 1 N–H and O–H groups in total. The molecule has 0 aliphatic rings. The lowest BCUT2D eigenvalue weighted by Crippen LogP contribution is -2.12. The van der Waals surface area contributed by atoms with Crippen molar-refractivity contribution < 1.29 is 4.52 Å². The van der Waals surface area contributed by atoms with Crippen molar-refractivity contribution in [3.63, 3.8) is 0 Å². The summed E-state index contributed by atoms with van der Waals surface area (Å²) in [7, 11) is 1.82. The van der Waals surface area contributed by atoms with Gasteiger partial charge in [-0.25, -0.2) is 0 Å². The van der Waals surface area contributed by atoms with Crippen LogP contribution in [-0.4, -0.2) is 22.2 Å². The smallest absolute Gasteiger partial charge is 0.243 e. The lowest BCUT2D eigenvalue weighted by molar-refractivity contribution is 0.347. The van der Waals surface area contributed by atoms with Gasteiger partial charge in [0.1, 0.15) is 5.69 Å². The van der Waals surface area contributed by atoms with Crippen molar-refractivity contribution in [3.05, 3.63) is 29.2 Å². The maximum atomic E-state index is 5.98. The van der Waals surface area contributed by atoms with Gasteiger partial charge in [-0.1, -0.05) is 16.8 Å². The van der Waals surface area contributed by atoms with Gasteiger partial charge in [-0.2, -0.15) is 4.98 Å². The zero-order valence-corrected chi connectivity index (χ0v) is 9.69. The molecule has 2 heterocycles. The number of halogens is 1. The third kappa shape index (κ3) is 2.05. The summed E-state index contributed by atoms with van der Waals surface area (Å²) in [6.45, 7) is 1.93. The van der Waals surface area contributed by atoms with E-state index in [-0.39, 0.29) is 6.04 Å². The summed E-state index contributed by atoms with van der Waals surface area (Å²) >= 11 is 5.98. The molecule has 0 saturated heterocycles. The number of pyridine rings is 1. The van der Waals surface area contributed by atoms with Gasteiger partial charge in [-0.15, -0.1) is 0 Å². The van der Waals surface area contributed by atoms with Crippen molar-refractivity contribution in [1.82, 2.24) is 20.4 Å². The van der Waals surface area contributed by atoms with E-state index in [4.69, 9.17) is 16.1 Å². The zero-order valence-electron chi connectivity index (χ0n) is 8.94. The van der Waals surface area contributed by atoms with E-state index in [9.17, 15) is 0 Å². The average molecular weight is 239 g/mol. The standard InChI is InChI=1S/C10H11ClN4O/c1-6(12-2)10-14-9(15-16-10)8-7(11)4-3-5-13-8/h3-6,12H,1-2H3. The summed E-state index contributed by atoms with van der Waals surface area (Å²) in [5, 5.41) is 7.36. The van der Waals surface area contributed by atoms with E-state index in [1.54, 1.807) is 18.3 Å². The molecule has 0 amide bonds. The Kier molecular flexibility index (Phi) is 3.17. The summed E-state index contributed by atoms with van der Waals surface area (Å²) in [6, 6.07) is 3.49. The van der Waals surface area contributed by atoms with Gasteiger partial charge in [0, 0.05) is 6.20 Å². The fourth-order valence-electron chi connectivity index (χ4n) is 1.18. The van der Waals surface area contributed by atoms with Gasteiger partial charge in [0.15, 0.2) is 0 Å². The van der Waals surface area contributed by atoms with Crippen LogP contribution < -0.4 is 5.32 Å². The van der Waals surface area contributed by atoms with E-state index in [1.165, 1.54) is 0 Å². The lowest BCUT2D eigenvalue weighted by Gasteiger charge is -2.01. The molecule has 1 unspecified atom stereocenters. The van der Waals surface area contributed by atoms with Crippen molar-refractivity contribution in [2.75, 3.05) is 7.05 Å². The van der Waals surface area contributed by atoms with Gasteiger partial charge in [0.05, 0.1) is 11.1 Å². The van der Waals surface area contributed by atoms with Crippen LogP contribution in [0.15, 0.2) is 22.9 Å². The maximum absolute atomic E-state index is 5.98. The molecule has 0 saturated carbocycles. The number of aromatic nitrogens is 3. The van der Waals surface area contributed by atoms with E-state index in [0.29, 0.717) is 22.4 Å². The second-order valence-corrected chi connectivity index (χ2v) is 3.71. The Hall–Kier alpha value is -1.46. The molecule has 0 spiro atoms. The first-order chi connectivity index (χ1) is 7.72. The van der Waals surface area contributed by atoms with Crippen LogP contribution in [0.3, 0.4) is 0 Å². The van der Waals surface area contributed by atoms with Gasteiger partial charge >= 0.3 is 0 Å². The molecular weight excluding hydrogens is 228 g/mol. The highest BCUT2D eigenvalue weighted by Crippen LogP contribution is 2.23. The molecule has 0 fully saturated rings. The summed E-state index contributed by atoms with van der Waals surface area (Å²) in [6.07, 6.45) is 1.64. The number of hydrogen-bond acceptors (Lipinski definition) is 5. The molecule has 0 aliphatic carbocycles. The Morgan fingerprint density at radius 2 is 2.31 bits per heavy atom. The van der Waals surface area contributed by atoms with Crippen molar-refractivity contribution in [3.8, 4) is 11.5 Å². The molecule has 1 atom stereocenters. The quantitative estimate of drug-likeness (QED) is 0.887. The lowest BCUT2D eigenvalue weighted by atomic mass is 10.3. The Labute approximate surface area is 97.8 Å². The monoisotopic (exact) mass is 238 g/mol. The molecule has 2 aromatic heterocycles. The molecule has 84 valence electrons. The zero-order chi connectivity index (χ0) is 11.5. The minimum absolute atomic E-state index is 0.00346. The number of nitrogens with zero attached hydrogens (tertiary/aromatic N) is 3. The minimum Gasteiger partial charge on any atom is -0.337 e. The predicted molar refractivity (Wildman–Crippen MR) is 60.0 cm³/mol. The summed E-state index contributed by atoms with van der Waals surface area (Å²) in [5.74, 6) is 0.918. The van der Waals surface area contributed by atoms with Crippen molar-refractivity contribution >= 4 is 11.6 Å². The molecule has 0 aliphatic heterocycles. The Bertz CT molecular complexity index is 485. The summed E-state index contributed by atoms with van der Waals surface area (Å²) < 4.78 is 5.10. The fourth-order valence-corrected chi connectivity index (χ4v) is 1.39. The molecular formula is C10H11ClN4O. The van der Waals surface area contributed by atoms with Crippen molar-refractivity contribution in [2.24, 2.45) is 0 Å². The third-order valence-electron chi connectivity index (χ3n) is 2.22. The number of rotatable bonds is 3. The van der Waals surface area contributed by atoms with Crippen LogP contribution in [0.5, 0.6) is 0 Å². The summed E-state index contributed by atoms with van der Waals surface area (Å²) in [5.41, 5.74) is 0.530. The van der Waals surface area contributed by atoms with Crippen LogP contribution in [-0.2, 0) is 0 Å². The van der Waals surface area contributed by atoms with Gasteiger partial charge in [0.2, 0.25) is 11.7 Å². The maximum Gasteiger partial charge on any atom is 0.243 e. The second kappa shape index (κ2) is 4.59. The van der Waals surface area contributed by atoms with Crippen LogP contribution in [0.25, 0.3) is 11.5 Å². The van der Waals surface area contributed by atoms with Crippen molar-refractivity contribution in [2.45, 2.75) is 13.0 Å². The largest absolute Gasteiger partial charge is 0.337 e. The Morgan fingerprint density at radius 1 is 1.50 bits per heavy atom. The minimum atomic E-state index is 0.00346. The van der Waals surface area contributed by atoms with E-state index in [0.717, 1.165) is 0 Å². The first-order valence-corrected chi connectivity index (χ1v) is 5.22. The summed E-state index contributed by atoms with van der Waals surface area (Å²) in [4.78, 5) is 8.33. The molecule has 6 heteroatoms. The van der Waals surface area contributed by atoms with E-state index < -0.39 is 0 Å². The molecule has 0 bridgehead atoms. The van der Waals surface area contributed by atoms with Gasteiger partial charge < -0.3 is 9.84 Å². The number of hydrogen-bond donors (Lipinski definition) is 1. The van der Waals surface area contributed by atoms with Crippen LogP contribution in [0.4, 0.5) is 0 Å². The second-order valence-electron chi connectivity index (χ2n) is 3.30. The van der Waals surface area contributed by atoms with Gasteiger partial charge in [0.25, 0.3) is 0 Å². The normalized spacial score (nSPS) is 12.7. The van der Waals surface area contributed by atoms with Crippen LogP contribution in [0.2, 0.25) is 5.02 Å². The molecule has 5 nitrogen and oxygen atoms in total. The SMILES string of the molecule is CNC(C)c1nc(-c2ncccc2Cl)no1. The van der Waals surface area contributed by atoms with Crippen LogP contribution >= 0.6 is 11.6 Å². The topological polar surface area (TPSA) is 63.8 Å². The van der Waals surface area contributed by atoms with E-state index >= 15 is 0 Å². The number of nitrogens with one attached hydrogen (secondary N) is 1. The van der Waals surface area contributed by atoms with Gasteiger partial charge in [-0.05, 0) is 26.1 Å². The first-order valence-electron chi connectivity index (χ1n) is 4.84. The highest BCUT2D eigenvalue weighted by Gasteiger charge is 2.15. The molecule has 16 heavy (non-hydrogen) atoms. The molecule has 2 aromatic rings. The highest BCUT2D eigenvalue weighted by molar-refractivity contribution is 6.32. The van der Waals surface area contributed by atoms with E-state index in [1.807, 2.05) is 14.0 Å². The molecule has 2 rings (SSSR count). The fraction of sp³-hybridized carbons (Fsp3) is 0.300. The Balaban J connectivity index is 2.35.